The average molecular weight is 293 g/mol. The molecule has 1 aliphatic rings. The summed E-state index contributed by atoms with van der Waals surface area (Å²) in [5.41, 5.74) is 0.870. The lowest BCUT2D eigenvalue weighted by Crippen LogP contribution is -2.39. The maximum atomic E-state index is 11.4. The third kappa shape index (κ3) is 3.08. The molecule has 0 unspecified atom stereocenters. The highest BCUT2D eigenvalue weighted by atomic mass is 32.2. The minimum absolute atomic E-state index is 0.490. The lowest BCUT2D eigenvalue weighted by Gasteiger charge is -2.16. The van der Waals surface area contributed by atoms with Crippen molar-refractivity contribution in [1.82, 2.24) is 4.72 Å². The van der Waals surface area contributed by atoms with E-state index in [0.717, 1.165) is 12.7 Å². The van der Waals surface area contributed by atoms with Gasteiger partial charge in [-0.05, 0) is 36.2 Å². The molecule has 1 N–H and O–H groups in total. The molecular formula is C10H15NO5S2. The maximum Gasteiger partial charge on any atom is 0.337 e. The summed E-state index contributed by atoms with van der Waals surface area (Å²) in [5.74, 6) is -0.854. The van der Waals surface area contributed by atoms with Crippen LogP contribution in [0, 0.1) is 0 Å². The SMILES string of the molecule is COS(=O)(=O)N[C@H]1OC(C)(C)O[C@H]1c1ccsc1. The first-order chi connectivity index (χ1) is 8.33. The van der Waals surface area contributed by atoms with Crippen LogP contribution in [0.25, 0.3) is 0 Å². The highest BCUT2D eigenvalue weighted by Gasteiger charge is 2.44. The summed E-state index contributed by atoms with van der Waals surface area (Å²) in [6.07, 6.45) is -1.30. The summed E-state index contributed by atoms with van der Waals surface area (Å²) < 4.78 is 40.7. The van der Waals surface area contributed by atoms with E-state index in [1.54, 1.807) is 13.8 Å². The molecule has 1 aliphatic heterocycles. The van der Waals surface area contributed by atoms with Crippen LogP contribution < -0.4 is 4.72 Å². The highest BCUT2D eigenvalue weighted by Crippen LogP contribution is 2.38. The molecule has 2 atom stereocenters. The van der Waals surface area contributed by atoms with E-state index in [9.17, 15) is 8.42 Å². The van der Waals surface area contributed by atoms with Crippen molar-refractivity contribution in [3.8, 4) is 0 Å². The van der Waals surface area contributed by atoms with Crippen LogP contribution in [-0.4, -0.2) is 27.5 Å². The maximum absolute atomic E-state index is 11.4. The topological polar surface area (TPSA) is 73.9 Å². The lowest BCUT2D eigenvalue weighted by atomic mass is 10.2. The highest BCUT2D eigenvalue weighted by molar-refractivity contribution is 7.84. The molecule has 0 saturated carbocycles. The molecule has 0 bridgehead atoms. The van der Waals surface area contributed by atoms with Crippen LogP contribution in [0.15, 0.2) is 16.8 Å². The Balaban J connectivity index is 2.22. The summed E-state index contributed by atoms with van der Waals surface area (Å²) in [6.45, 7) is 3.46. The molecule has 0 aromatic carbocycles. The zero-order valence-electron chi connectivity index (χ0n) is 10.2. The molecule has 1 aromatic rings. The Kier molecular flexibility index (Phi) is 3.77. The van der Waals surface area contributed by atoms with E-state index >= 15 is 0 Å². The summed E-state index contributed by atoms with van der Waals surface area (Å²) in [7, 11) is -2.74. The van der Waals surface area contributed by atoms with Crippen molar-refractivity contribution in [3.05, 3.63) is 22.4 Å². The summed E-state index contributed by atoms with van der Waals surface area (Å²) >= 11 is 1.51. The molecule has 1 fully saturated rings. The van der Waals surface area contributed by atoms with Gasteiger partial charge in [-0.2, -0.15) is 24.5 Å². The first-order valence-electron chi connectivity index (χ1n) is 5.28. The molecule has 6 nitrogen and oxygen atoms in total. The second kappa shape index (κ2) is 4.87. The zero-order chi connectivity index (χ0) is 13.4. The number of hydrogen-bond acceptors (Lipinski definition) is 6. The van der Waals surface area contributed by atoms with Gasteiger partial charge in [0.15, 0.2) is 12.0 Å². The van der Waals surface area contributed by atoms with Gasteiger partial charge in [0.25, 0.3) is 0 Å². The molecule has 8 heteroatoms. The molecule has 0 amide bonds. The van der Waals surface area contributed by atoms with Gasteiger partial charge in [0.1, 0.15) is 6.10 Å². The normalized spacial score (nSPS) is 27.5. The number of hydrogen-bond donors (Lipinski definition) is 1. The van der Waals surface area contributed by atoms with Crippen molar-refractivity contribution in [3.63, 3.8) is 0 Å². The van der Waals surface area contributed by atoms with Crippen LogP contribution in [0.5, 0.6) is 0 Å². The minimum atomic E-state index is -3.83. The molecule has 2 rings (SSSR count). The van der Waals surface area contributed by atoms with Crippen LogP contribution in [0.3, 0.4) is 0 Å². The average Bonchev–Trinajstić information content (AvgIpc) is 2.85. The van der Waals surface area contributed by atoms with Crippen molar-refractivity contribution < 1.29 is 22.1 Å². The Hall–Kier alpha value is -0.510. The van der Waals surface area contributed by atoms with Gasteiger partial charge in [-0.25, -0.2) is 0 Å². The first kappa shape index (κ1) is 13.9. The second-order valence-corrected chi connectivity index (χ2v) is 6.53. The van der Waals surface area contributed by atoms with Gasteiger partial charge < -0.3 is 9.47 Å². The van der Waals surface area contributed by atoms with Crippen LogP contribution >= 0.6 is 11.3 Å². The van der Waals surface area contributed by atoms with E-state index in [4.69, 9.17) is 9.47 Å². The number of nitrogens with one attached hydrogen (secondary N) is 1. The van der Waals surface area contributed by atoms with Crippen molar-refractivity contribution in [1.29, 1.82) is 0 Å². The van der Waals surface area contributed by atoms with Gasteiger partial charge in [0, 0.05) is 0 Å². The van der Waals surface area contributed by atoms with E-state index in [0.29, 0.717) is 0 Å². The van der Waals surface area contributed by atoms with Gasteiger partial charge in [-0.1, -0.05) is 0 Å². The number of thiophene rings is 1. The minimum Gasteiger partial charge on any atom is -0.338 e. The van der Waals surface area contributed by atoms with Crippen molar-refractivity contribution >= 4 is 21.6 Å². The molecule has 2 heterocycles. The third-order valence-electron chi connectivity index (χ3n) is 2.45. The van der Waals surface area contributed by atoms with E-state index in [1.807, 2.05) is 16.8 Å². The van der Waals surface area contributed by atoms with Crippen LogP contribution in [0.2, 0.25) is 0 Å². The second-order valence-electron chi connectivity index (χ2n) is 4.27. The van der Waals surface area contributed by atoms with E-state index < -0.39 is 28.4 Å². The van der Waals surface area contributed by atoms with Crippen molar-refractivity contribution in [2.24, 2.45) is 0 Å². The van der Waals surface area contributed by atoms with E-state index in [-0.39, 0.29) is 0 Å². The van der Waals surface area contributed by atoms with Crippen molar-refractivity contribution in [2.45, 2.75) is 32.0 Å². The van der Waals surface area contributed by atoms with Crippen molar-refractivity contribution in [2.75, 3.05) is 7.11 Å². The Bertz CT molecular complexity index is 496. The van der Waals surface area contributed by atoms with Gasteiger partial charge in [-0.15, -0.1) is 0 Å². The Morgan fingerprint density at radius 1 is 1.44 bits per heavy atom. The largest absolute Gasteiger partial charge is 0.338 e. The predicted octanol–water partition coefficient (Wildman–Crippen LogP) is 1.38. The lowest BCUT2D eigenvalue weighted by molar-refractivity contribution is -0.147. The standard InChI is InChI=1S/C10H15NO5S2/c1-10(2)15-8(7-4-5-17-6-7)9(16-10)11-18(12,13)14-3/h4-6,8-9,11H,1-3H3/t8-,9-/m0/s1. The van der Waals surface area contributed by atoms with Crippen LogP contribution in [0.1, 0.15) is 25.5 Å². The molecular weight excluding hydrogens is 278 g/mol. The Morgan fingerprint density at radius 2 is 2.17 bits per heavy atom. The number of ether oxygens (including phenoxy) is 2. The van der Waals surface area contributed by atoms with Crippen LogP contribution in [-0.2, 0) is 24.0 Å². The Morgan fingerprint density at radius 3 is 2.72 bits per heavy atom. The molecule has 0 aliphatic carbocycles. The molecule has 1 aromatic heterocycles. The van der Waals surface area contributed by atoms with Gasteiger partial charge in [-0.3, -0.25) is 4.18 Å². The molecule has 102 valence electrons. The van der Waals surface area contributed by atoms with Gasteiger partial charge in [0.2, 0.25) is 0 Å². The predicted molar refractivity (Wildman–Crippen MR) is 66.2 cm³/mol. The summed E-state index contributed by atoms with van der Waals surface area (Å²) in [5, 5.41) is 3.79. The molecule has 0 spiro atoms. The Labute approximate surface area is 110 Å². The van der Waals surface area contributed by atoms with E-state index in [2.05, 4.69) is 8.91 Å². The third-order valence-corrected chi connectivity index (χ3v) is 4.11. The fourth-order valence-electron chi connectivity index (χ4n) is 1.72. The first-order valence-corrected chi connectivity index (χ1v) is 7.64. The number of rotatable bonds is 4. The smallest absolute Gasteiger partial charge is 0.337 e. The molecule has 0 radical (unpaired) electrons. The fraction of sp³-hybridized carbons (Fsp3) is 0.600. The fourth-order valence-corrected chi connectivity index (χ4v) is 2.96. The molecule has 1 saturated heterocycles. The summed E-state index contributed by atoms with van der Waals surface area (Å²) in [4.78, 5) is 0. The monoisotopic (exact) mass is 293 g/mol. The van der Waals surface area contributed by atoms with Gasteiger partial charge in [0.05, 0.1) is 7.11 Å². The quantitative estimate of drug-likeness (QED) is 0.908. The van der Waals surface area contributed by atoms with Gasteiger partial charge >= 0.3 is 10.3 Å². The zero-order valence-corrected chi connectivity index (χ0v) is 11.9. The van der Waals surface area contributed by atoms with E-state index in [1.165, 1.54) is 11.3 Å². The summed E-state index contributed by atoms with van der Waals surface area (Å²) in [6, 6.07) is 1.87. The van der Waals surface area contributed by atoms with Crippen LogP contribution in [0.4, 0.5) is 0 Å². The molecule has 18 heavy (non-hydrogen) atoms.